The minimum Gasteiger partial charge on any atom is -0.508 e. The lowest BCUT2D eigenvalue weighted by atomic mass is 10.1. The van der Waals surface area contributed by atoms with E-state index in [-0.39, 0.29) is 17.5 Å². The summed E-state index contributed by atoms with van der Waals surface area (Å²) in [7, 11) is 3.68. The van der Waals surface area contributed by atoms with E-state index in [1.54, 1.807) is 7.11 Å². The Morgan fingerprint density at radius 2 is 1.61 bits per heavy atom. The molecule has 0 spiro atoms. The first-order valence-electron chi connectivity index (χ1n) is 9.50. The van der Waals surface area contributed by atoms with E-state index in [9.17, 15) is 15.3 Å². The average Bonchev–Trinajstić information content (AvgIpc) is 2.66. The maximum absolute atomic E-state index is 9.73. The second-order valence-electron chi connectivity index (χ2n) is 7.07. The Morgan fingerprint density at radius 1 is 1.00 bits per heavy atom. The lowest BCUT2D eigenvalue weighted by molar-refractivity contribution is 0.171. The molecule has 2 atom stereocenters. The van der Waals surface area contributed by atoms with Gasteiger partial charge < -0.3 is 30.7 Å². The molecule has 0 aliphatic carbocycles. The van der Waals surface area contributed by atoms with Crippen LogP contribution in [0.15, 0.2) is 42.5 Å². The molecule has 0 radical (unpaired) electrons. The third-order valence-corrected chi connectivity index (χ3v) is 4.24. The SMILES string of the molecule is CC(C)NCC(O)c1cc(O)cc(O)c1.CNC(C)Cc1ccccc1OC. The van der Waals surface area contributed by atoms with Gasteiger partial charge in [0.1, 0.15) is 17.2 Å². The Hall–Kier alpha value is -2.28. The predicted octanol–water partition coefficient (Wildman–Crippen LogP) is 2.97. The maximum atomic E-state index is 9.73. The molecular weight excluding hydrogens is 356 g/mol. The van der Waals surface area contributed by atoms with E-state index >= 15 is 0 Å². The van der Waals surface area contributed by atoms with Crippen LogP contribution < -0.4 is 15.4 Å². The van der Waals surface area contributed by atoms with Gasteiger partial charge in [0.05, 0.1) is 13.2 Å². The van der Waals surface area contributed by atoms with Crippen LogP contribution in [-0.2, 0) is 6.42 Å². The van der Waals surface area contributed by atoms with Crippen LogP contribution >= 0.6 is 0 Å². The molecule has 6 nitrogen and oxygen atoms in total. The van der Waals surface area contributed by atoms with Gasteiger partial charge in [0, 0.05) is 24.7 Å². The van der Waals surface area contributed by atoms with Crippen LogP contribution in [0.2, 0.25) is 0 Å². The molecule has 2 aromatic rings. The summed E-state index contributed by atoms with van der Waals surface area (Å²) in [6, 6.07) is 13.0. The Bertz CT molecular complexity index is 686. The minimum absolute atomic E-state index is 0.0476. The number of hydrogen-bond donors (Lipinski definition) is 5. The second-order valence-corrected chi connectivity index (χ2v) is 7.07. The van der Waals surface area contributed by atoms with E-state index in [0.29, 0.717) is 18.2 Å². The van der Waals surface area contributed by atoms with Crippen LogP contribution in [0.3, 0.4) is 0 Å². The van der Waals surface area contributed by atoms with Gasteiger partial charge in [-0.25, -0.2) is 0 Å². The van der Waals surface area contributed by atoms with Gasteiger partial charge in [-0.3, -0.25) is 0 Å². The molecule has 5 N–H and O–H groups in total. The molecule has 0 aromatic heterocycles. The zero-order chi connectivity index (χ0) is 21.1. The standard InChI is InChI=1S/C11H17NO3.C11H17NO/c1-7(2)12-6-11(15)8-3-9(13)5-10(14)4-8;1-9(12-2)8-10-6-4-5-7-11(10)13-3/h3-5,7,11-15H,6H2,1-2H3;4-7,9,12H,8H2,1-3H3. The number of methoxy groups -OCH3 is 1. The summed E-state index contributed by atoms with van der Waals surface area (Å²) in [5.41, 5.74) is 1.76. The van der Waals surface area contributed by atoms with Crippen LogP contribution in [0.1, 0.15) is 38.0 Å². The van der Waals surface area contributed by atoms with Crippen LogP contribution in [0, 0.1) is 0 Å². The second kappa shape index (κ2) is 12.2. The van der Waals surface area contributed by atoms with Gasteiger partial charge in [-0.15, -0.1) is 0 Å². The largest absolute Gasteiger partial charge is 0.508 e. The van der Waals surface area contributed by atoms with E-state index in [1.165, 1.54) is 23.8 Å². The van der Waals surface area contributed by atoms with Gasteiger partial charge in [-0.05, 0) is 49.7 Å². The van der Waals surface area contributed by atoms with Gasteiger partial charge in [0.15, 0.2) is 0 Å². The highest BCUT2D eigenvalue weighted by molar-refractivity contribution is 5.37. The summed E-state index contributed by atoms with van der Waals surface area (Å²) in [6.07, 6.45) is 0.269. The van der Waals surface area contributed by atoms with E-state index in [1.807, 2.05) is 39.1 Å². The Morgan fingerprint density at radius 3 is 2.14 bits per heavy atom. The fraction of sp³-hybridized carbons (Fsp3) is 0.455. The highest BCUT2D eigenvalue weighted by Gasteiger charge is 2.10. The van der Waals surface area contributed by atoms with Crippen molar-refractivity contribution in [2.75, 3.05) is 20.7 Å². The molecule has 0 saturated heterocycles. The molecule has 2 aromatic carbocycles. The number of aliphatic hydroxyl groups is 1. The Balaban J connectivity index is 0.000000283. The van der Waals surface area contributed by atoms with Crippen molar-refractivity contribution < 1.29 is 20.1 Å². The first-order chi connectivity index (χ1) is 13.3. The fourth-order valence-electron chi connectivity index (χ4n) is 2.58. The fourth-order valence-corrected chi connectivity index (χ4v) is 2.58. The van der Waals surface area contributed by atoms with Crippen LogP contribution in [0.4, 0.5) is 0 Å². The number of rotatable bonds is 8. The zero-order valence-electron chi connectivity index (χ0n) is 17.4. The van der Waals surface area contributed by atoms with Crippen LogP contribution in [0.25, 0.3) is 0 Å². The zero-order valence-corrected chi connectivity index (χ0v) is 17.4. The first kappa shape index (κ1) is 23.8. The van der Waals surface area contributed by atoms with Crippen LogP contribution in [0.5, 0.6) is 17.2 Å². The summed E-state index contributed by atoms with van der Waals surface area (Å²) in [5.74, 6) is 0.881. The molecule has 0 heterocycles. The predicted molar refractivity (Wildman–Crippen MR) is 113 cm³/mol. The normalized spacial score (nSPS) is 12.8. The number of para-hydroxylation sites is 1. The van der Waals surface area contributed by atoms with Crippen molar-refractivity contribution in [1.29, 1.82) is 0 Å². The van der Waals surface area contributed by atoms with E-state index < -0.39 is 6.10 Å². The number of nitrogens with one attached hydrogen (secondary N) is 2. The number of benzene rings is 2. The molecule has 28 heavy (non-hydrogen) atoms. The van der Waals surface area contributed by atoms with Crippen molar-refractivity contribution in [3.63, 3.8) is 0 Å². The van der Waals surface area contributed by atoms with Crippen molar-refractivity contribution in [2.24, 2.45) is 0 Å². The maximum Gasteiger partial charge on any atom is 0.122 e. The van der Waals surface area contributed by atoms with Gasteiger partial charge in [0.25, 0.3) is 0 Å². The van der Waals surface area contributed by atoms with Gasteiger partial charge >= 0.3 is 0 Å². The van der Waals surface area contributed by atoms with E-state index in [0.717, 1.165) is 12.2 Å². The molecule has 0 saturated carbocycles. The first-order valence-corrected chi connectivity index (χ1v) is 9.50. The van der Waals surface area contributed by atoms with Crippen molar-refractivity contribution in [2.45, 2.75) is 45.4 Å². The van der Waals surface area contributed by atoms with Crippen molar-refractivity contribution in [3.05, 3.63) is 53.6 Å². The van der Waals surface area contributed by atoms with Crippen molar-refractivity contribution >= 4 is 0 Å². The molecule has 0 aliphatic rings. The molecule has 6 heteroatoms. The van der Waals surface area contributed by atoms with Crippen molar-refractivity contribution in [3.8, 4) is 17.2 Å². The molecule has 0 bridgehead atoms. The molecule has 0 fully saturated rings. The number of hydrogen-bond acceptors (Lipinski definition) is 6. The highest BCUT2D eigenvalue weighted by atomic mass is 16.5. The monoisotopic (exact) mass is 390 g/mol. The lowest BCUT2D eigenvalue weighted by Crippen LogP contribution is -2.27. The van der Waals surface area contributed by atoms with E-state index in [4.69, 9.17) is 4.74 Å². The third kappa shape index (κ3) is 8.61. The minimum atomic E-state index is -0.731. The molecule has 156 valence electrons. The summed E-state index contributed by atoms with van der Waals surface area (Å²) >= 11 is 0. The average molecular weight is 391 g/mol. The molecule has 0 aliphatic heterocycles. The Kier molecular flexibility index (Phi) is 10.4. The molecule has 0 amide bonds. The van der Waals surface area contributed by atoms with E-state index in [2.05, 4.69) is 23.6 Å². The topological polar surface area (TPSA) is 94.0 Å². The van der Waals surface area contributed by atoms with Crippen LogP contribution in [-0.4, -0.2) is 48.1 Å². The van der Waals surface area contributed by atoms with Gasteiger partial charge in [-0.1, -0.05) is 32.0 Å². The molecular formula is C22H34N2O4. The number of likely N-dealkylation sites (N-methyl/N-ethyl adjacent to an activating group) is 1. The number of phenolic OH excluding ortho intramolecular Hbond substituents is 2. The summed E-state index contributed by atoms with van der Waals surface area (Å²) in [4.78, 5) is 0. The highest BCUT2D eigenvalue weighted by Crippen LogP contribution is 2.24. The lowest BCUT2D eigenvalue weighted by Gasteiger charge is -2.14. The van der Waals surface area contributed by atoms with Gasteiger partial charge in [0.2, 0.25) is 0 Å². The quantitative estimate of drug-likeness (QED) is 0.476. The number of ether oxygens (including phenoxy) is 1. The number of phenols is 2. The van der Waals surface area contributed by atoms with Gasteiger partial charge in [-0.2, -0.15) is 0 Å². The summed E-state index contributed by atoms with van der Waals surface area (Å²) < 4.78 is 5.26. The Labute approximate surface area is 168 Å². The number of aliphatic hydroxyl groups excluding tert-OH is 1. The van der Waals surface area contributed by atoms with Crippen molar-refractivity contribution in [1.82, 2.24) is 10.6 Å². The smallest absolute Gasteiger partial charge is 0.122 e. The molecule has 2 rings (SSSR count). The molecule has 2 unspecified atom stereocenters. The summed E-state index contributed by atoms with van der Waals surface area (Å²) in [6.45, 7) is 6.51. The third-order valence-electron chi connectivity index (χ3n) is 4.24. The number of aromatic hydroxyl groups is 2. The summed E-state index contributed by atoms with van der Waals surface area (Å²) in [5, 5.41) is 34.5.